The molecule has 0 atom stereocenters. The topological polar surface area (TPSA) is 129 Å². The monoisotopic (exact) mass is 528 g/mol. The summed E-state index contributed by atoms with van der Waals surface area (Å²) in [7, 11) is 0. The van der Waals surface area contributed by atoms with Crippen LogP contribution in [0.25, 0.3) is 33.5 Å². The van der Waals surface area contributed by atoms with Crippen LogP contribution in [-0.4, -0.2) is 45.3 Å². The van der Waals surface area contributed by atoms with Crippen LogP contribution in [0.2, 0.25) is 0 Å². The van der Waals surface area contributed by atoms with Gasteiger partial charge in [-0.3, -0.25) is 9.36 Å². The van der Waals surface area contributed by atoms with Crippen molar-refractivity contribution in [3.8, 4) is 22.7 Å². The van der Waals surface area contributed by atoms with Crippen LogP contribution in [0.5, 0.6) is 5.75 Å². The predicted octanol–water partition coefficient (Wildman–Crippen LogP) is 3.80. The minimum absolute atomic E-state index is 0.0418. The van der Waals surface area contributed by atoms with E-state index in [-0.39, 0.29) is 23.7 Å². The van der Waals surface area contributed by atoms with Gasteiger partial charge in [0.1, 0.15) is 41.5 Å². The molecule has 6 rings (SSSR count). The van der Waals surface area contributed by atoms with Crippen LogP contribution in [-0.2, 0) is 6.54 Å². The molecule has 0 aliphatic heterocycles. The summed E-state index contributed by atoms with van der Waals surface area (Å²) in [5.41, 5.74) is 8.88. The largest absolute Gasteiger partial charge is 0.508 e. The number of hydrogen-bond donors (Lipinski definition) is 2. The van der Waals surface area contributed by atoms with Gasteiger partial charge >= 0.3 is 0 Å². The van der Waals surface area contributed by atoms with E-state index in [0.717, 1.165) is 16.5 Å². The van der Waals surface area contributed by atoms with Gasteiger partial charge in [0, 0.05) is 22.7 Å². The molecular weight excluding hydrogens is 507 g/mol. The van der Waals surface area contributed by atoms with Crippen molar-refractivity contribution in [1.29, 1.82) is 0 Å². The number of phenols is 1. The van der Waals surface area contributed by atoms with Crippen molar-refractivity contribution < 1.29 is 9.50 Å². The number of phenolic OH excluding ortho intramolecular Hbond substituents is 1. The Morgan fingerprint density at radius 3 is 2.74 bits per heavy atom. The van der Waals surface area contributed by atoms with Crippen molar-refractivity contribution in [2.24, 2.45) is 0 Å². The fraction of sp³-hybridized carbons (Fsp3) is 0.115. The quantitative estimate of drug-likeness (QED) is 0.323. The van der Waals surface area contributed by atoms with E-state index in [4.69, 9.17) is 10.8 Å². The zero-order chi connectivity index (χ0) is 26.6. The second-order valence-corrected chi connectivity index (χ2v) is 9.59. The zero-order valence-electron chi connectivity index (χ0n) is 20.3. The van der Waals surface area contributed by atoms with E-state index in [9.17, 15) is 14.3 Å². The number of aryl methyl sites for hydroxylation is 1. The number of rotatable bonds is 5. The molecule has 0 fully saturated rings. The number of thioether (sulfide) groups is 1. The lowest BCUT2D eigenvalue weighted by molar-refractivity contribution is 0.469. The lowest BCUT2D eigenvalue weighted by atomic mass is 10.1. The molecule has 0 bridgehead atoms. The molecule has 2 aromatic carbocycles. The Bertz CT molecular complexity index is 1910. The summed E-state index contributed by atoms with van der Waals surface area (Å²) < 4.78 is 18.8. The van der Waals surface area contributed by atoms with E-state index >= 15 is 0 Å². The predicted molar refractivity (Wildman–Crippen MR) is 143 cm³/mol. The number of nitrogen functional groups attached to an aromatic ring is 1. The van der Waals surface area contributed by atoms with E-state index < -0.39 is 5.82 Å². The summed E-state index contributed by atoms with van der Waals surface area (Å²) in [5.74, 6) is -0.340. The van der Waals surface area contributed by atoms with E-state index in [1.165, 1.54) is 18.5 Å². The number of benzene rings is 2. The Morgan fingerprint density at radius 2 is 1.95 bits per heavy atom. The molecule has 0 aliphatic carbocycles. The molecule has 0 saturated carbocycles. The molecule has 6 aromatic rings. The van der Waals surface area contributed by atoms with Gasteiger partial charge in [-0.1, -0.05) is 6.07 Å². The SMILES string of the molecule is CSc1cccc(-n2c(Cn3nc(-c4cc(O)cc(F)c4)c4c(N)ncnc43)nn3ccc(C)c3c2=O)c1. The summed E-state index contributed by atoms with van der Waals surface area (Å²) in [6.45, 7) is 1.91. The molecule has 4 aromatic heterocycles. The summed E-state index contributed by atoms with van der Waals surface area (Å²) in [4.78, 5) is 23.2. The number of halogens is 1. The smallest absolute Gasteiger partial charge is 0.282 e. The molecule has 0 spiro atoms. The van der Waals surface area contributed by atoms with Crippen molar-refractivity contribution in [3.63, 3.8) is 0 Å². The molecule has 0 unspecified atom stereocenters. The zero-order valence-corrected chi connectivity index (χ0v) is 21.1. The molecule has 3 N–H and O–H groups in total. The summed E-state index contributed by atoms with van der Waals surface area (Å²) in [6.07, 6.45) is 5.01. The second kappa shape index (κ2) is 8.99. The third kappa shape index (κ3) is 3.86. The number of hydrogen-bond acceptors (Lipinski definition) is 8. The van der Waals surface area contributed by atoms with Crippen LogP contribution in [0, 0.1) is 12.7 Å². The molecule has 38 heavy (non-hydrogen) atoms. The van der Waals surface area contributed by atoms with Crippen LogP contribution in [0.15, 0.2) is 70.7 Å². The molecule has 4 heterocycles. The van der Waals surface area contributed by atoms with Crippen molar-refractivity contribution in [3.05, 3.63) is 88.6 Å². The minimum atomic E-state index is -0.629. The first kappa shape index (κ1) is 23.7. The molecule has 10 nitrogen and oxygen atoms in total. The highest BCUT2D eigenvalue weighted by molar-refractivity contribution is 7.98. The maximum Gasteiger partial charge on any atom is 0.282 e. The van der Waals surface area contributed by atoms with Gasteiger partial charge in [-0.25, -0.2) is 23.6 Å². The Labute approximate surface area is 219 Å². The Hall–Kier alpha value is -4.71. The number of fused-ring (bicyclic) bond motifs is 2. The maximum absolute atomic E-state index is 14.2. The highest BCUT2D eigenvalue weighted by Gasteiger charge is 2.21. The van der Waals surface area contributed by atoms with E-state index in [1.54, 1.807) is 31.7 Å². The van der Waals surface area contributed by atoms with Crippen molar-refractivity contribution in [2.75, 3.05) is 12.0 Å². The highest BCUT2D eigenvalue weighted by Crippen LogP contribution is 2.32. The first-order valence-electron chi connectivity index (χ1n) is 11.6. The fourth-order valence-corrected chi connectivity index (χ4v) is 5.02. The molecule has 12 heteroatoms. The third-order valence-electron chi connectivity index (χ3n) is 6.27. The number of anilines is 1. The summed E-state index contributed by atoms with van der Waals surface area (Å²) >= 11 is 1.57. The number of aromatic hydroxyl groups is 1. The number of nitrogens with two attached hydrogens (primary N) is 1. The van der Waals surface area contributed by atoms with Gasteiger partial charge in [0.25, 0.3) is 5.56 Å². The van der Waals surface area contributed by atoms with Crippen molar-refractivity contribution >= 4 is 34.1 Å². The minimum Gasteiger partial charge on any atom is -0.508 e. The Kier molecular flexibility index (Phi) is 5.60. The van der Waals surface area contributed by atoms with E-state index in [2.05, 4.69) is 15.1 Å². The molecule has 0 amide bonds. The molecule has 0 saturated heterocycles. The molecule has 0 aliphatic rings. The first-order valence-corrected chi connectivity index (χ1v) is 12.8. The van der Waals surface area contributed by atoms with Crippen LogP contribution in [0.1, 0.15) is 11.4 Å². The molecule has 190 valence electrons. The Balaban J connectivity index is 1.60. The van der Waals surface area contributed by atoms with Crippen molar-refractivity contribution in [1.82, 2.24) is 33.9 Å². The lowest BCUT2D eigenvalue weighted by Crippen LogP contribution is -2.28. The third-order valence-corrected chi connectivity index (χ3v) is 7.00. The van der Waals surface area contributed by atoms with Gasteiger partial charge in [-0.2, -0.15) is 10.2 Å². The van der Waals surface area contributed by atoms with Crippen LogP contribution >= 0.6 is 11.8 Å². The van der Waals surface area contributed by atoms with Crippen LogP contribution < -0.4 is 11.3 Å². The van der Waals surface area contributed by atoms with E-state index in [0.29, 0.717) is 39.3 Å². The number of aromatic nitrogens is 7. The van der Waals surface area contributed by atoms with Gasteiger partial charge in [0.15, 0.2) is 11.5 Å². The fourth-order valence-electron chi connectivity index (χ4n) is 4.56. The standard InChI is InChI=1S/C26H21FN8O2S/c1-14-6-7-33-23(14)26(37)35(17-4-3-5-19(11-17)38-2)20(31-33)12-34-25-21(24(28)29-13-30-25)22(32-34)15-8-16(27)10-18(36)9-15/h3-11,13,36H,12H2,1-2H3,(H2,28,29,30). The van der Waals surface area contributed by atoms with Gasteiger partial charge in [-0.15, -0.1) is 11.8 Å². The van der Waals surface area contributed by atoms with Gasteiger partial charge < -0.3 is 10.8 Å². The van der Waals surface area contributed by atoms with Crippen LogP contribution in [0.3, 0.4) is 0 Å². The lowest BCUT2D eigenvalue weighted by Gasteiger charge is -2.14. The molecule has 0 radical (unpaired) electrons. The van der Waals surface area contributed by atoms with Gasteiger partial charge in [-0.05, 0) is 55.1 Å². The first-order chi connectivity index (χ1) is 18.3. The van der Waals surface area contributed by atoms with Crippen LogP contribution in [0.4, 0.5) is 10.2 Å². The second-order valence-electron chi connectivity index (χ2n) is 8.71. The summed E-state index contributed by atoms with van der Waals surface area (Å²) in [5, 5.41) is 19.8. The summed E-state index contributed by atoms with van der Waals surface area (Å²) in [6, 6.07) is 13.1. The Morgan fingerprint density at radius 1 is 1.11 bits per heavy atom. The number of nitrogens with zero attached hydrogens (tertiary/aromatic N) is 7. The average molecular weight is 529 g/mol. The van der Waals surface area contributed by atoms with E-state index in [1.807, 2.05) is 43.5 Å². The average Bonchev–Trinajstić information content (AvgIpc) is 3.45. The van der Waals surface area contributed by atoms with Gasteiger partial charge in [0.2, 0.25) is 0 Å². The maximum atomic E-state index is 14.2. The normalized spacial score (nSPS) is 11.6. The highest BCUT2D eigenvalue weighted by atomic mass is 32.2. The van der Waals surface area contributed by atoms with Crippen molar-refractivity contribution in [2.45, 2.75) is 18.4 Å². The molecular formula is C26H21FN8O2S. The van der Waals surface area contributed by atoms with Gasteiger partial charge in [0.05, 0.1) is 11.1 Å².